The first-order valence-corrected chi connectivity index (χ1v) is 11.4. The molecule has 0 spiro atoms. The lowest BCUT2D eigenvalue weighted by Crippen LogP contribution is -2.45. The molecule has 0 bridgehead atoms. The lowest BCUT2D eigenvalue weighted by Gasteiger charge is -2.37. The number of nitrogens with one attached hydrogen (secondary N) is 2. The normalized spacial score (nSPS) is 11.3. The smallest absolute Gasteiger partial charge is 0.125 e. The van der Waals surface area contributed by atoms with E-state index < -0.39 is 5.54 Å². The van der Waals surface area contributed by atoms with Crippen molar-refractivity contribution in [2.45, 2.75) is 12.0 Å². The maximum Gasteiger partial charge on any atom is 0.125 e. The van der Waals surface area contributed by atoms with Crippen LogP contribution in [0.15, 0.2) is 114 Å². The van der Waals surface area contributed by atoms with E-state index in [9.17, 15) is 0 Å². The fraction of sp³-hybridized carbons (Fsp3) is 0.148. The Bertz CT molecular complexity index is 955. The van der Waals surface area contributed by atoms with Crippen molar-refractivity contribution in [1.29, 1.82) is 0 Å². The molecular weight excluding hydrogens is 446 g/mol. The Labute approximate surface area is 192 Å². The Morgan fingerprint density at radius 3 is 1.61 bits per heavy atom. The number of rotatable bonds is 9. The summed E-state index contributed by atoms with van der Waals surface area (Å²) in [6.07, 6.45) is 2.78. The lowest BCUT2D eigenvalue weighted by atomic mass is 9.77. The highest BCUT2D eigenvalue weighted by Crippen LogP contribution is 2.36. The van der Waals surface area contributed by atoms with E-state index in [4.69, 9.17) is 0 Å². The van der Waals surface area contributed by atoms with E-state index in [1.54, 1.807) is 0 Å². The summed E-state index contributed by atoms with van der Waals surface area (Å²) in [6.45, 7) is 1.69. The predicted octanol–water partition coefficient (Wildman–Crippen LogP) is 6.23. The maximum atomic E-state index is 4.39. The van der Waals surface area contributed by atoms with Gasteiger partial charge in [-0.15, -0.1) is 0 Å². The second kappa shape index (κ2) is 10.4. The van der Waals surface area contributed by atoms with E-state index in [-0.39, 0.29) is 0 Å². The molecule has 0 saturated carbocycles. The first-order valence-electron chi connectivity index (χ1n) is 10.6. The van der Waals surface area contributed by atoms with Crippen molar-refractivity contribution in [2.75, 3.05) is 18.4 Å². The van der Waals surface area contributed by atoms with Crippen LogP contribution < -0.4 is 10.6 Å². The van der Waals surface area contributed by atoms with Crippen molar-refractivity contribution in [3.8, 4) is 0 Å². The van der Waals surface area contributed by atoms with Gasteiger partial charge in [-0.05, 0) is 57.7 Å². The summed E-state index contributed by atoms with van der Waals surface area (Å²) in [7, 11) is 0. The van der Waals surface area contributed by atoms with E-state index in [0.29, 0.717) is 0 Å². The summed E-state index contributed by atoms with van der Waals surface area (Å²) in [6, 6.07) is 36.1. The van der Waals surface area contributed by atoms with Gasteiger partial charge < -0.3 is 5.32 Å². The molecule has 1 heterocycles. The highest BCUT2D eigenvalue weighted by Gasteiger charge is 2.35. The summed E-state index contributed by atoms with van der Waals surface area (Å²) >= 11 is 3.43. The van der Waals surface area contributed by atoms with E-state index in [1.807, 2.05) is 18.3 Å². The zero-order valence-electron chi connectivity index (χ0n) is 17.3. The molecule has 0 aliphatic heterocycles. The molecule has 0 atom stereocenters. The highest BCUT2D eigenvalue weighted by atomic mass is 79.9. The van der Waals surface area contributed by atoms with Gasteiger partial charge in [-0.2, -0.15) is 0 Å². The lowest BCUT2D eigenvalue weighted by molar-refractivity contribution is 0.469. The zero-order chi connectivity index (χ0) is 21.4. The third kappa shape index (κ3) is 5.04. The maximum absolute atomic E-state index is 4.39. The largest absolute Gasteiger partial charge is 0.370 e. The second-order valence-electron chi connectivity index (χ2n) is 7.42. The number of hydrogen-bond acceptors (Lipinski definition) is 3. The minimum atomic E-state index is -0.417. The van der Waals surface area contributed by atoms with Gasteiger partial charge in [0.15, 0.2) is 0 Å². The Morgan fingerprint density at radius 2 is 1.16 bits per heavy atom. The third-order valence-electron chi connectivity index (χ3n) is 5.40. The zero-order valence-corrected chi connectivity index (χ0v) is 18.9. The molecule has 0 fully saturated rings. The van der Waals surface area contributed by atoms with Crippen LogP contribution in [0.25, 0.3) is 0 Å². The second-order valence-corrected chi connectivity index (χ2v) is 8.33. The van der Waals surface area contributed by atoms with Gasteiger partial charge in [0.25, 0.3) is 0 Å². The third-order valence-corrected chi connectivity index (χ3v) is 5.87. The van der Waals surface area contributed by atoms with Crippen LogP contribution in [0.5, 0.6) is 0 Å². The molecule has 4 aromatic rings. The molecule has 156 valence electrons. The highest BCUT2D eigenvalue weighted by molar-refractivity contribution is 9.10. The number of pyridine rings is 1. The van der Waals surface area contributed by atoms with Crippen LogP contribution in [0.4, 0.5) is 5.82 Å². The molecule has 2 N–H and O–H groups in total. The van der Waals surface area contributed by atoms with Gasteiger partial charge in [0.05, 0.1) is 5.54 Å². The monoisotopic (exact) mass is 471 g/mol. The average molecular weight is 472 g/mol. The minimum absolute atomic E-state index is 0.417. The van der Waals surface area contributed by atoms with Crippen LogP contribution in [-0.4, -0.2) is 18.1 Å². The van der Waals surface area contributed by atoms with Gasteiger partial charge in [0.2, 0.25) is 0 Å². The van der Waals surface area contributed by atoms with Crippen LogP contribution in [-0.2, 0) is 5.54 Å². The number of aromatic nitrogens is 1. The number of nitrogens with zero attached hydrogens (tertiary/aromatic N) is 1. The van der Waals surface area contributed by atoms with E-state index in [0.717, 1.165) is 29.8 Å². The van der Waals surface area contributed by atoms with Crippen molar-refractivity contribution in [3.05, 3.63) is 130 Å². The van der Waals surface area contributed by atoms with Crippen molar-refractivity contribution >= 4 is 21.7 Å². The molecule has 4 heteroatoms. The quantitative estimate of drug-likeness (QED) is 0.224. The first-order chi connectivity index (χ1) is 15.3. The number of halogens is 1. The topological polar surface area (TPSA) is 37.0 Å². The molecular formula is C27H26BrN3. The van der Waals surface area contributed by atoms with Crippen molar-refractivity contribution in [3.63, 3.8) is 0 Å². The number of anilines is 1. The van der Waals surface area contributed by atoms with Gasteiger partial charge >= 0.3 is 0 Å². The Morgan fingerprint density at radius 1 is 0.645 bits per heavy atom. The predicted molar refractivity (Wildman–Crippen MR) is 132 cm³/mol. The molecule has 0 amide bonds. The molecule has 0 aliphatic carbocycles. The molecule has 3 nitrogen and oxygen atoms in total. The Balaban J connectivity index is 1.58. The van der Waals surface area contributed by atoms with Crippen molar-refractivity contribution in [1.82, 2.24) is 10.3 Å². The van der Waals surface area contributed by atoms with Crippen LogP contribution >= 0.6 is 15.9 Å². The number of hydrogen-bond donors (Lipinski definition) is 2. The number of benzene rings is 3. The van der Waals surface area contributed by atoms with Crippen LogP contribution in [0, 0.1) is 0 Å². The summed E-state index contributed by atoms with van der Waals surface area (Å²) in [4.78, 5) is 4.39. The molecule has 0 radical (unpaired) electrons. The Hall–Kier alpha value is -2.95. The molecule has 31 heavy (non-hydrogen) atoms. The summed E-state index contributed by atoms with van der Waals surface area (Å²) in [5, 5.41) is 7.32. The molecule has 0 unspecified atom stereocenters. The minimum Gasteiger partial charge on any atom is -0.370 e. The van der Waals surface area contributed by atoms with Gasteiger partial charge in [0, 0.05) is 17.2 Å². The fourth-order valence-corrected chi connectivity index (χ4v) is 4.17. The van der Waals surface area contributed by atoms with Crippen LogP contribution in [0.1, 0.15) is 23.1 Å². The van der Waals surface area contributed by atoms with E-state index in [2.05, 4.69) is 123 Å². The van der Waals surface area contributed by atoms with Gasteiger partial charge in [-0.25, -0.2) is 4.98 Å². The van der Waals surface area contributed by atoms with Crippen LogP contribution in [0.3, 0.4) is 0 Å². The van der Waals surface area contributed by atoms with Gasteiger partial charge in [-0.3, -0.25) is 5.32 Å². The molecule has 0 saturated heterocycles. The average Bonchev–Trinajstić information content (AvgIpc) is 2.84. The van der Waals surface area contributed by atoms with Gasteiger partial charge in [-0.1, -0.05) is 91.0 Å². The van der Waals surface area contributed by atoms with E-state index >= 15 is 0 Å². The molecule has 1 aromatic heterocycles. The molecule has 3 aromatic carbocycles. The summed E-state index contributed by atoms with van der Waals surface area (Å²) in [5.41, 5.74) is 3.28. The molecule has 0 aliphatic rings. The van der Waals surface area contributed by atoms with E-state index in [1.165, 1.54) is 16.7 Å². The summed E-state index contributed by atoms with van der Waals surface area (Å²) < 4.78 is 0.984. The fourth-order valence-electron chi connectivity index (χ4n) is 3.93. The standard InChI is InChI=1S/C27H26BrN3/c28-25-17-18-26(30-21-25)29-19-10-20-31-27(22-11-4-1-5-12-22,23-13-6-2-7-14-23)24-15-8-3-9-16-24/h1-9,11-18,21,31H,10,19-20H2,(H,29,30). The van der Waals surface area contributed by atoms with Crippen molar-refractivity contribution < 1.29 is 0 Å². The summed E-state index contributed by atoms with van der Waals surface area (Å²) in [5.74, 6) is 0.892. The SMILES string of the molecule is Brc1ccc(NCCCNC(c2ccccc2)(c2ccccc2)c2ccccc2)nc1. The first kappa shape index (κ1) is 21.3. The van der Waals surface area contributed by atoms with Crippen molar-refractivity contribution in [2.24, 2.45) is 0 Å². The van der Waals surface area contributed by atoms with Gasteiger partial charge in [0.1, 0.15) is 5.82 Å². The molecule has 4 rings (SSSR count). The Kier molecular flexibility index (Phi) is 7.13. The van der Waals surface area contributed by atoms with Crippen LogP contribution in [0.2, 0.25) is 0 Å².